The summed E-state index contributed by atoms with van der Waals surface area (Å²) in [7, 11) is -3.90. The average molecular weight is 327 g/mol. The van der Waals surface area contributed by atoms with Gasteiger partial charge >= 0.3 is 0 Å². The lowest BCUT2D eigenvalue weighted by Crippen LogP contribution is -2.33. The summed E-state index contributed by atoms with van der Waals surface area (Å²) in [6.45, 7) is 4.85. The lowest BCUT2D eigenvalue weighted by atomic mass is 9.94. The quantitative estimate of drug-likeness (QED) is 0.537. The first-order valence-electron chi connectivity index (χ1n) is 7.05. The number of nitrogens with one attached hydrogen (secondary N) is 2. The summed E-state index contributed by atoms with van der Waals surface area (Å²) in [6.07, 6.45) is 0.330. The van der Waals surface area contributed by atoms with E-state index < -0.39 is 15.5 Å². The van der Waals surface area contributed by atoms with Crippen molar-refractivity contribution in [3.8, 4) is 0 Å². The van der Waals surface area contributed by atoms with E-state index in [1.54, 1.807) is 0 Å². The lowest BCUT2D eigenvalue weighted by Gasteiger charge is -2.19. The number of anilines is 2. The molecule has 0 spiro atoms. The van der Waals surface area contributed by atoms with Crippen LogP contribution in [0.25, 0.3) is 0 Å². The van der Waals surface area contributed by atoms with Crippen LogP contribution in [-0.2, 0) is 14.9 Å². The number of rotatable bonds is 6. The predicted molar refractivity (Wildman–Crippen MR) is 85.2 cm³/mol. The van der Waals surface area contributed by atoms with Gasteiger partial charge in [0, 0.05) is 12.2 Å². The van der Waals surface area contributed by atoms with Crippen LogP contribution < -0.4 is 15.8 Å². The Morgan fingerprint density at radius 2 is 1.95 bits per heavy atom. The van der Waals surface area contributed by atoms with Crippen molar-refractivity contribution in [1.29, 1.82) is 0 Å². The number of carbonyl (C=O) groups is 1. The largest absolute Gasteiger partial charge is 0.385 e. The van der Waals surface area contributed by atoms with Crippen LogP contribution in [0.4, 0.5) is 11.4 Å². The molecule has 0 radical (unpaired) electrons. The minimum Gasteiger partial charge on any atom is -0.385 e. The molecular formula is C14H21N3O4S. The van der Waals surface area contributed by atoms with Gasteiger partial charge in [0.15, 0.2) is 0 Å². The van der Waals surface area contributed by atoms with Gasteiger partial charge in [0.25, 0.3) is 10.1 Å². The van der Waals surface area contributed by atoms with Crippen LogP contribution >= 0.6 is 0 Å². The Hall–Kier alpha value is -1.80. The molecule has 0 aliphatic carbocycles. The van der Waals surface area contributed by atoms with Crippen molar-refractivity contribution in [2.45, 2.75) is 20.3 Å². The number of hydrogen-bond acceptors (Lipinski definition) is 5. The smallest absolute Gasteiger partial charge is 0.264 e. The molecule has 1 heterocycles. The average Bonchev–Trinajstić information content (AvgIpc) is 2.69. The number of amides is 1. The summed E-state index contributed by atoms with van der Waals surface area (Å²) in [5, 5.41) is 4.89. The van der Waals surface area contributed by atoms with Gasteiger partial charge in [-0.25, -0.2) is 0 Å². The molecule has 0 saturated carbocycles. The Morgan fingerprint density at radius 1 is 1.32 bits per heavy atom. The highest BCUT2D eigenvalue weighted by molar-refractivity contribution is 7.85. The molecule has 0 unspecified atom stereocenters. The fourth-order valence-corrected chi connectivity index (χ4v) is 2.69. The molecule has 1 aromatic carbocycles. The van der Waals surface area contributed by atoms with Gasteiger partial charge < -0.3 is 5.32 Å². The number of hydrazine groups is 1. The van der Waals surface area contributed by atoms with E-state index in [1.807, 2.05) is 43.1 Å². The zero-order chi connectivity index (χ0) is 16.4. The van der Waals surface area contributed by atoms with Gasteiger partial charge in [-0.1, -0.05) is 0 Å². The van der Waals surface area contributed by atoms with E-state index in [0.29, 0.717) is 19.5 Å². The van der Waals surface area contributed by atoms with Crippen molar-refractivity contribution in [3.63, 3.8) is 0 Å². The molecule has 1 fully saturated rings. The SMILES string of the molecule is CC1(C)CN(c2ccc(NCCCS(=O)(=O)O)cc2)NC1=O. The normalized spacial score (nSPS) is 17.4. The summed E-state index contributed by atoms with van der Waals surface area (Å²) in [5.41, 5.74) is 4.16. The van der Waals surface area contributed by atoms with E-state index in [4.69, 9.17) is 4.55 Å². The molecule has 22 heavy (non-hydrogen) atoms. The minimum atomic E-state index is -3.90. The van der Waals surface area contributed by atoms with Gasteiger partial charge in [0.2, 0.25) is 5.91 Å². The summed E-state index contributed by atoms with van der Waals surface area (Å²) < 4.78 is 29.8. The molecule has 8 heteroatoms. The van der Waals surface area contributed by atoms with E-state index in [-0.39, 0.29) is 11.7 Å². The highest BCUT2D eigenvalue weighted by Crippen LogP contribution is 2.27. The van der Waals surface area contributed by atoms with Crippen LogP contribution in [0.3, 0.4) is 0 Å². The summed E-state index contributed by atoms with van der Waals surface area (Å²) in [5.74, 6) is -0.257. The number of hydrogen-bond donors (Lipinski definition) is 3. The van der Waals surface area contributed by atoms with Crippen molar-refractivity contribution < 1.29 is 17.8 Å². The summed E-state index contributed by atoms with van der Waals surface area (Å²) in [4.78, 5) is 11.8. The fourth-order valence-electron chi connectivity index (χ4n) is 2.18. The second kappa shape index (κ2) is 6.13. The number of nitrogens with zero attached hydrogens (tertiary/aromatic N) is 1. The topological polar surface area (TPSA) is 98.7 Å². The first-order valence-corrected chi connectivity index (χ1v) is 8.66. The second-order valence-corrected chi connectivity index (χ2v) is 7.60. The third-order valence-corrected chi connectivity index (χ3v) is 4.30. The number of carbonyl (C=O) groups excluding carboxylic acids is 1. The fraction of sp³-hybridized carbons (Fsp3) is 0.500. The Kier molecular flexibility index (Phi) is 4.62. The molecule has 1 saturated heterocycles. The lowest BCUT2D eigenvalue weighted by molar-refractivity contribution is -0.125. The molecular weight excluding hydrogens is 306 g/mol. The third-order valence-electron chi connectivity index (χ3n) is 3.49. The first-order chi connectivity index (χ1) is 10.2. The predicted octanol–water partition coefficient (Wildman–Crippen LogP) is 1.25. The van der Waals surface area contributed by atoms with E-state index in [2.05, 4.69) is 10.7 Å². The van der Waals surface area contributed by atoms with Crippen LogP contribution in [0.5, 0.6) is 0 Å². The summed E-state index contributed by atoms with van der Waals surface area (Å²) in [6, 6.07) is 7.49. The zero-order valence-electron chi connectivity index (χ0n) is 12.7. The second-order valence-electron chi connectivity index (χ2n) is 6.02. The Labute approximate surface area is 130 Å². The Balaban J connectivity index is 1.87. The molecule has 0 bridgehead atoms. The van der Waals surface area contributed by atoms with E-state index in [1.165, 1.54) is 0 Å². The van der Waals surface area contributed by atoms with Crippen LogP contribution in [-0.4, -0.2) is 37.7 Å². The summed E-state index contributed by atoms with van der Waals surface area (Å²) >= 11 is 0. The monoisotopic (exact) mass is 327 g/mol. The van der Waals surface area contributed by atoms with Crippen molar-refractivity contribution in [1.82, 2.24) is 5.43 Å². The van der Waals surface area contributed by atoms with E-state index in [0.717, 1.165) is 11.4 Å². The molecule has 1 amide bonds. The minimum absolute atomic E-state index is 0.0000793. The van der Waals surface area contributed by atoms with E-state index >= 15 is 0 Å². The maximum atomic E-state index is 11.8. The Morgan fingerprint density at radius 3 is 2.45 bits per heavy atom. The molecule has 0 aromatic heterocycles. The van der Waals surface area contributed by atoms with Gasteiger partial charge in [0.1, 0.15) is 0 Å². The number of benzene rings is 1. The molecule has 3 N–H and O–H groups in total. The van der Waals surface area contributed by atoms with E-state index in [9.17, 15) is 13.2 Å². The van der Waals surface area contributed by atoms with Gasteiger partial charge in [-0.2, -0.15) is 8.42 Å². The van der Waals surface area contributed by atoms with Gasteiger partial charge in [-0.15, -0.1) is 0 Å². The molecule has 122 valence electrons. The highest BCUT2D eigenvalue weighted by Gasteiger charge is 2.37. The van der Waals surface area contributed by atoms with Crippen molar-refractivity contribution in [2.24, 2.45) is 5.41 Å². The maximum absolute atomic E-state index is 11.8. The zero-order valence-corrected chi connectivity index (χ0v) is 13.5. The van der Waals surface area contributed by atoms with Crippen molar-refractivity contribution in [2.75, 3.05) is 29.2 Å². The highest BCUT2D eigenvalue weighted by atomic mass is 32.2. The van der Waals surface area contributed by atoms with Gasteiger partial charge in [-0.05, 0) is 44.5 Å². The Bertz CT molecular complexity index is 641. The molecule has 0 atom stereocenters. The molecule has 1 aromatic rings. The first kappa shape index (κ1) is 16.6. The van der Waals surface area contributed by atoms with Gasteiger partial charge in [0.05, 0.1) is 23.4 Å². The van der Waals surface area contributed by atoms with Crippen LogP contribution in [0, 0.1) is 5.41 Å². The van der Waals surface area contributed by atoms with Crippen LogP contribution in [0.1, 0.15) is 20.3 Å². The van der Waals surface area contributed by atoms with Crippen molar-refractivity contribution >= 4 is 27.4 Å². The van der Waals surface area contributed by atoms with Gasteiger partial charge in [-0.3, -0.25) is 19.8 Å². The maximum Gasteiger partial charge on any atom is 0.264 e. The molecule has 1 aliphatic heterocycles. The molecule has 2 rings (SSSR count). The molecule has 7 nitrogen and oxygen atoms in total. The molecule has 1 aliphatic rings. The van der Waals surface area contributed by atoms with Crippen molar-refractivity contribution in [3.05, 3.63) is 24.3 Å². The third kappa shape index (κ3) is 4.35. The van der Waals surface area contributed by atoms with Crippen LogP contribution in [0.15, 0.2) is 24.3 Å². The van der Waals surface area contributed by atoms with Crippen LogP contribution in [0.2, 0.25) is 0 Å². The standard InChI is InChI=1S/C14H21N3O4S/c1-14(2)10-17(16-13(14)18)12-6-4-11(5-7-12)15-8-3-9-22(19,20)21/h4-7,15H,3,8-10H2,1-2H3,(H,16,18)(H,19,20,21).